The lowest BCUT2D eigenvalue weighted by Gasteiger charge is -2.28. The highest BCUT2D eigenvalue weighted by atomic mass is 35.6. The molecule has 2 aromatic carbocycles. The van der Waals surface area contributed by atoms with Crippen molar-refractivity contribution in [2.75, 3.05) is 0 Å². The quantitative estimate of drug-likeness (QED) is 0.668. The second-order valence-electron chi connectivity index (χ2n) is 4.69. The van der Waals surface area contributed by atoms with Gasteiger partial charge in [0.25, 0.3) is 7.55 Å². The maximum Gasteiger partial charge on any atom is 0.289 e. The van der Waals surface area contributed by atoms with Gasteiger partial charge >= 0.3 is 0 Å². The van der Waals surface area contributed by atoms with E-state index in [4.69, 9.17) is 11.1 Å². The fraction of sp³-hybridized carbons (Fsp3) is 0.200. The zero-order chi connectivity index (χ0) is 13.0. The largest absolute Gasteiger partial charge is 0.316 e. The molecule has 0 aromatic heterocycles. The lowest BCUT2D eigenvalue weighted by atomic mass is 10.4. The number of nitrogens with one attached hydrogen (secondary N) is 1. The zero-order valence-corrected chi connectivity index (χ0v) is 12.5. The Hall–Kier alpha value is -1.09. The molecule has 0 spiro atoms. The average Bonchev–Trinajstić information content (AvgIpc) is 2.40. The average molecular weight is 276 g/mol. The summed E-state index contributed by atoms with van der Waals surface area (Å²) < 4.78 is 0. The summed E-state index contributed by atoms with van der Waals surface area (Å²) in [5, 5.41) is 2.40. The zero-order valence-electron chi connectivity index (χ0n) is 10.7. The third-order valence-corrected chi connectivity index (χ3v) is 7.70. The summed E-state index contributed by atoms with van der Waals surface area (Å²) in [6, 6.07) is 21.0. The predicted octanol–water partition coefficient (Wildman–Crippen LogP) is 2.48. The molecule has 0 amide bonds. The Morgan fingerprint density at radius 2 is 1.22 bits per heavy atom. The van der Waals surface area contributed by atoms with Gasteiger partial charge in [-0.15, -0.1) is 11.1 Å². The first-order chi connectivity index (χ1) is 8.63. The first-order valence-electron chi connectivity index (χ1n) is 6.20. The summed E-state index contributed by atoms with van der Waals surface area (Å²) in [6.45, 7) is 4.27. The Morgan fingerprint density at radius 3 is 1.56 bits per heavy atom. The minimum absolute atomic E-state index is 0.356. The molecule has 0 radical (unpaired) electrons. The van der Waals surface area contributed by atoms with Crippen LogP contribution in [0.3, 0.4) is 0 Å². The van der Waals surface area contributed by atoms with E-state index in [1.54, 1.807) is 0 Å². The number of benzene rings is 2. The van der Waals surface area contributed by atoms with Gasteiger partial charge in [0.15, 0.2) is 0 Å². The van der Waals surface area contributed by atoms with Crippen molar-refractivity contribution in [1.29, 1.82) is 0 Å². The fourth-order valence-corrected chi connectivity index (χ4v) is 6.24. The normalized spacial score (nSPS) is 11.8. The molecule has 0 aliphatic heterocycles. The van der Waals surface area contributed by atoms with Crippen molar-refractivity contribution in [2.24, 2.45) is 0 Å². The van der Waals surface area contributed by atoms with E-state index in [-0.39, 0.29) is 0 Å². The van der Waals surface area contributed by atoms with Crippen LogP contribution >= 0.6 is 11.1 Å². The minimum atomic E-state index is -2.34. The topological polar surface area (TPSA) is 12.0 Å². The number of rotatable bonds is 4. The molecule has 0 atom stereocenters. The maximum atomic E-state index is 7.01. The van der Waals surface area contributed by atoms with E-state index in [1.807, 2.05) is 36.4 Å². The summed E-state index contributed by atoms with van der Waals surface area (Å²) in [4.78, 5) is 3.59. The molecule has 0 bridgehead atoms. The predicted molar refractivity (Wildman–Crippen MR) is 82.0 cm³/mol. The summed E-state index contributed by atoms with van der Waals surface area (Å²) in [5.74, 6) is 0. The van der Waals surface area contributed by atoms with Crippen LogP contribution in [0, 0.1) is 0 Å². The summed E-state index contributed by atoms with van der Waals surface area (Å²) >= 11 is 7.01. The van der Waals surface area contributed by atoms with Crippen LogP contribution < -0.4 is 15.4 Å². The highest BCUT2D eigenvalue weighted by Crippen LogP contribution is 2.08. The van der Waals surface area contributed by atoms with Crippen LogP contribution in [0.25, 0.3) is 0 Å². The molecular weight excluding hydrogens is 258 g/mol. The maximum absolute atomic E-state index is 7.01. The molecule has 0 saturated carbocycles. The fourth-order valence-electron chi connectivity index (χ4n) is 2.07. The molecule has 0 heterocycles. The van der Waals surface area contributed by atoms with Gasteiger partial charge in [-0.05, 0) is 16.4 Å². The van der Waals surface area contributed by atoms with Crippen molar-refractivity contribution in [3.63, 3.8) is 0 Å². The van der Waals surface area contributed by atoms with Gasteiger partial charge in [-0.3, -0.25) is 0 Å². The number of halogens is 1. The van der Waals surface area contributed by atoms with Gasteiger partial charge < -0.3 is 4.98 Å². The molecule has 1 N–H and O–H groups in total. The monoisotopic (exact) mass is 275 g/mol. The van der Waals surface area contributed by atoms with Gasteiger partial charge in [-0.2, -0.15) is 0 Å². The van der Waals surface area contributed by atoms with Crippen molar-refractivity contribution < 1.29 is 0 Å². The summed E-state index contributed by atoms with van der Waals surface area (Å²) in [7, 11) is -2.34. The Balaban J connectivity index is 2.48. The number of hydrogen-bond acceptors (Lipinski definition) is 1. The smallest absolute Gasteiger partial charge is 0.289 e. The molecule has 0 aliphatic rings. The first kappa shape index (κ1) is 13.3. The van der Waals surface area contributed by atoms with Gasteiger partial charge in [0.2, 0.25) is 0 Å². The van der Waals surface area contributed by atoms with Gasteiger partial charge in [0.1, 0.15) is 0 Å². The van der Waals surface area contributed by atoms with Crippen molar-refractivity contribution in [1.82, 2.24) is 4.98 Å². The van der Waals surface area contributed by atoms with E-state index in [2.05, 4.69) is 43.1 Å². The number of hydrogen-bond donors (Lipinski definition) is 1. The van der Waals surface area contributed by atoms with Crippen molar-refractivity contribution in [3.05, 3.63) is 60.7 Å². The molecule has 0 fully saturated rings. The molecule has 2 aromatic rings. The lowest BCUT2D eigenvalue weighted by molar-refractivity contribution is 0.747. The van der Waals surface area contributed by atoms with Crippen molar-refractivity contribution in [2.45, 2.75) is 19.9 Å². The first-order valence-corrected chi connectivity index (χ1v) is 9.22. The molecule has 1 nitrogen and oxygen atoms in total. The van der Waals surface area contributed by atoms with E-state index in [9.17, 15) is 0 Å². The molecular formula is C15H18ClNSi. The molecule has 3 heteroatoms. The third kappa shape index (κ3) is 2.83. The van der Waals surface area contributed by atoms with Crippen LogP contribution in [0.1, 0.15) is 13.8 Å². The van der Waals surface area contributed by atoms with Crippen LogP contribution in [-0.4, -0.2) is 13.6 Å². The van der Waals surface area contributed by atoms with E-state index in [1.165, 1.54) is 10.4 Å². The van der Waals surface area contributed by atoms with Gasteiger partial charge in [-0.25, -0.2) is 0 Å². The summed E-state index contributed by atoms with van der Waals surface area (Å²) in [6.07, 6.45) is 0. The van der Waals surface area contributed by atoms with E-state index in [0.29, 0.717) is 6.04 Å². The Kier molecular flexibility index (Phi) is 4.22. The minimum Gasteiger partial charge on any atom is -0.316 e. The molecule has 2 rings (SSSR count). The van der Waals surface area contributed by atoms with Crippen LogP contribution in [-0.2, 0) is 0 Å². The van der Waals surface area contributed by atoms with Gasteiger partial charge in [0.05, 0.1) is 0 Å². The molecule has 18 heavy (non-hydrogen) atoms. The van der Waals surface area contributed by atoms with Crippen molar-refractivity contribution >= 4 is 29.0 Å². The second-order valence-corrected chi connectivity index (χ2v) is 9.15. The molecule has 94 valence electrons. The molecule has 0 saturated heterocycles. The molecule has 0 aliphatic carbocycles. The van der Waals surface area contributed by atoms with Gasteiger partial charge in [0, 0.05) is 0 Å². The highest BCUT2D eigenvalue weighted by molar-refractivity contribution is 7.32. The van der Waals surface area contributed by atoms with E-state index >= 15 is 0 Å². The summed E-state index contributed by atoms with van der Waals surface area (Å²) in [5.41, 5.74) is 0. The van der Waals surface area contributed by atoms with Crippen molar-refractivity contribution in [3.8, 4) is 0 Å². The van der Waals surface area contributed by atoms with E-state index < -0.39 is 7.55 Å². The lowest BCUT2D eigenvalue weighted by Crippen LogP contribution is -2.66. The second kappa shape index (κ2) is 5.70. The standard InChI is InChI=1S/C15H18ClNSi/c1-13(2)17-18(16,14-9-5-3-6-10-14)15-11-7-4-8-12-15/h3-13,17H,1-2H3. The Bertz CT molecular complexity index is 445. The Labute approximate surface area is 115 Å². The molecule has 0 unspecified atom stereocenters. The van der Waals surface area contributed by atoms with Crippen LogP contribution in [0.5, 0.6) is 0 Å². The van der Waals surface area contributed by atoms with Crippen LogP contribution in [0.15, 0.2) is 60.7 Å². The van der Waals surface area contributed by atoms with Gasteiger partial charge in [-0.1, -0.05) is 74.5 Å². The SMILES string of the molecule is CC(C)N[Si](Cl)(c1ccccc1)c1ccccc1. The van der Waals surface area contributed by atoms with Crippen LogP contribution in [0.2, 0.25) is 0 Å². The van der Waals surface area contributed by atoms with E-state index in [0.717, 1.165) is 0 Å². The Morgan fingerprint density at radius 1 is 0.833 bits per heavy atom. The van der Waals surface area contributed by atoms with Crippen LogP contribution in [0.4, 0.5) is 0 Å². The third-order valence-electron chi connectivity index (χ3n) is 2.83. The highest BCUT2D eigenvalue weighted by Gasteiger charge is 2.36.